The van der Waals surface area contributed by atoms with Crippen LogP contribution in [-0.2, 0) is 0 Å². The molecule has 4 heteroatoms. The van der Waals surface area contributed by atoms with Crippen LogP contribution >= 0.6 is 23.2 Å². The normalized spacial score (nSPS) is 12.6. The maximum atomic E-state index is 5.83. The predicted octanol–water partition coefficient (Wildman–Crippen LogP) is 2.57. The third kappa shape index (κ3) is 1.97. The van der Waals surface area contributed by atoms with Crippen LogP contribution < -0.4 is 5.73 Å². The zero-order chi connectivity index (χ0) is 9.14. The summed E-state index contributed by atoms with van der Waals surface area (Å²) in [5.41, 5.74) is 6.23. The highest BCUT2D eigenvalue weighted by Gasteiger charge is 2.07. The van der Waals surface area contributed by atoms with Crippen LogP contribution in [0.2, 0.25) is 10.0 Å². The van der Waals surface area contributed by atoms with Crippen LogP contribution in [0.3, 0.4) is 0 Å². The second-order valence-corrected chi connectivity index (χ2v) is 3.13. The molecule has 0 aromatic carbocycles. The second kappa shape index (κ2) is 3.90. The Morgan fingerprint density at radius 3 is 2.75 bits per heavy atom. The topological polar surface area (TPSA) is 38.9 Å². The fraction of sp³-hybridized carbons (Fsp3) is 0.125. The average molecular weight is 203 g/mol. The lowest BCUT2D eigenvalue weighted by molar-refractivity contribution is 0.864. The molecule has 2 N–H and O–H groups in total. The van der Waals surface area contributed by atoms with Gasteiger partial charge in [-0.25, -0.2) is 0 Å². The summed E-state index contributed by atoms with van der Waals surface area (Å²) in [4.78, 5) is 3.99. The van der Waals surface area contributed by atoms with Gasteiger partial charge in [-0.1, -0.05) is 29.3 Å². The Balaban J connectivity index is 3.09. The molecule has 0 radical (unpaired) electrons. The molecule has 0 aliphatic heterocycles. The maximum Gasteiger partial charge on any atom is 0.0797 e. The van der Waals surface area contributed by atoms with Crippen molar-refractivity contribution in [3.05, 3.63) is 40.7 Å². The van der Waals surface area contributed by atoms with Gasteiger partial charge in [0.15, 0.2) is 0 Å². The van der Waals surface area contributed by atoms with Crippen molar-refractivity contribution < 1.29 is 0 Å². The van der Waals surface area contributed by atoms with E-state index < -0.39 is 0 Å². The summed E-state index contributed by atoms with van der Waals surface area (Å²) < 4.78 is 0. The van der Waals surface area contributed by atoms with Crippen LogP contribution in [-0.4, -0.2) is 4.98 Å². The van der Waals surface area contributed by atoms with E-state index in [0.717, 1.165) is 0 Å². The predicted molar refractivity (Wildman–Crippen MR) is 51.4 cm³/mol. The van der Waals surface area contributed by atoms with Crippen LogP contribution in [0.5, 0.6) is 0 Å². The van der Waals surface area contributed by atoms with Gasteiger partial charge >= 0.3 is 0 Å². The van der Waals surface area contributed by atoms with Crippen molar-refractivity contribution >= 4 is 23.2 Å². The molecule has 0 fully saturated rings. The van der Waals surface area contributed by atoms with Gasteiger partial charge in [0.1, 0.15) is 0 Å². The van der Waals surface area contributed by atoms with E-state index >= 15 is 0 Å². The highest BCUT2D eigenvalue weighted by Crippen LogP contribution is 2.22. The van der Waals surface area contributed by atoms with E-state index in [2.05, 4.69) is 11.6 Å². The third-order valence-electron chi connectivity index (χ3n) is 1.41. The summed E-state index contributed by atoms with van der Waals surface area (Å²) in [7, 11) is 0. The van der Waals surface area contributed by atoms with Crippen LogP contribution in [0.15, 0.2) is 24.9 Å². The molecule has 0 spiro atoms. The molecule has 64 valence electrons. The Hall–Kier alpha value is -0.570. The number of pyridine rings is 1. The van der Waals surface area contributed by atoms with Crippen LogP contribution in [0, 0.1) is 0 Å². The van der Waals surface area contributed by atoms with E-state index in [1.165, 1.54) is 6.20 Å². The zero-order valence-corrected chi connectivity index (χ0v) is 7.81. The minimum atomic E-state index is -0.338. The minimum absolute atomic E-state index is 0.338. The SMILES string of the molecule is C=C[C@H](N)c1ncc(Cl)cc1Cl. The Bertz CT molecular complexity index is 299. The molecule has 1 aromatic rings. The lowest BCUT2D eigenvalue weighted by Gasteiger charge is -2.06. The quantitative estimate of drug-likeness (QED) is 0.750. The van der Waals surface area contributed by atoms with E-state index in [1.807, 2.05) is 0 Å². The van der Waals surface area contributed by atoms with Crippen molar-refractivity contribution in [2.75, 3.05) is 0 Å². The first-order chi connectivity index (χ1) is 5.65. The molecule has 0 aliphatic rings. The molecular weight excluding hydrogens is 195 g/mol. The van der Waals surface area contributed by atoms with Crippen molar-refractivity contribution in [1.82, 2.24) is 4.98 Å². The summed E-state index contributed by atoms with van der Waals surface area (Å²) in [6, 6.07) is 1.27. The highest BCUT2D eigenvalue weighted by atomic mass is 35.5. The molecule has 1 atom stereocenters. The number of hydrogen-bond acceptors (Lipinski definition) is 2. The van der Waals surface area contributed by atoms with E-state index in [9.17, 15) is 0 Å². The number of nitrogens with zero attached hydrogens (tertiary/aromatic N) is 1. The van der Waals surface area contributed by atoms with E-state index in [-0.39, 0.29) is 6.04 Å². The molecule has 0 unspecified atom stereocenters. The van der Waals surface area contributed by atoms with Gasteiger partial charge in [0.05, 0.1) is 21.8 Å². The zero-order valence-electron chi connectivity index (χ0n) is 6.30. The largest absolute Gasteiger partial charge is 0.319 e. The fourth-order valence-electron chi connectivity index (χ4n) is 0.782. The summed E-state index contributed by atoms with van der Waals surface area (Å²) in [5, 5.41) is 0.968. The van der Waals surface area contributed by atoms with Crippen LogP contribution in [0.1, 0.15) is 11.7 Å². The fourth-order valence-corrected chi connectivity index (χ4v) is 1.29. The molecule has 1 aromatic heterocycles. The molecule has 0 bridgehead atoms. The second-order valence-electron chi connectivity index (χ2n) is 2.28. The lowest BCUT2D eigenvalue weighted by Crippen LogP contribution is -2.09. The smallest absolute Gasteiger partial charge is 0.0797 e. The first-order valence-electron chi connectivity index (χ1n) is 3.34. The summed E-state index contributed by atoms with van der Waals surface area (Å²) in [6.07, 6.45) is 3.08. The number of hydrogen-bond donors (Lipinski definition) is 1. The summed E-state index contributed by atoms with van der Waals surface area (Å²) in [6.45, 7) is 3.54. The van der Waals surface area contributed by atoms with Crippen LogP contribution in [0.25, 0.3) is 0 Å². The van der Waals surface area contributed by atoms with Gasteiger partial charge in [-0.05, 0) is 6.07 Å². The molecular formula is C8H8Cl2N2. The lowest BCUT2D eigenvalue weighted by atomic mass is 10.2. The first-order valence-corrected chi connectivity index (χ1v) is 4.10. The van der Waals surface area contributed by atoms with Crippen LogP contribution in [0.4, 0.5) is 0 Å². The minimum Gasteiger partial charge on any atom is -0.319 e. The molecule has 2 nitrogen and oxygen atoms in total. The summed E-state index contributed by atoms with van der Waals surface area (Å²) >= 11 is 11.5. The Labute approximate surface area is 81.0 Å². The molecule has 0 amide bonds. The van der Waals surface area contributed by atoms with Gasteiger partial charge < -0.3 is 5.73 Å². The van der Waals surface area contributed by atoms with E-state index in [4.69, 9.17) is 28.9 Å². The average Bonchev–Trinajstić information content (AvgIpc) is 2.03. The summed E-state index contributed by atoms with van der Waals surface area (Å²) in [5.74, 6) is 0. The van der Waals surface area contributed by atoms with Crippen molar-refractivity contribution in [1.29, 1.82) is 0 Å². The Morgan fingerprint density at radius 2 is 2.25 bits per heavy atom. The van der Waals surface area contributed by atoms with Crippen molar-refractivity contribution in [3.8, 4) is 0 Å². The molecule has 1 rings (SSSR count). The maximum absolute atomic E-state index is 5.83. The number of nitrogens with two attached hydrogens (primary N) is 1. The Morgan fingerprint density at radius 1 is 1.58 bits per heavy atom. The van der Waals surface area contributed by atoms with E-state index in [0.29, 0.717) is 15.7 Å². The first kappa shape index (κ1) is 9.52. The van der Waals surface area contributed by atoms with Gasteiger partial charge in [0.25, 0.3) is 0 Å². The van der Waals surface area contributed by atoms with Gasteiger partial charge in [-0.15, -0.1) is 6.58 Å². The molecule has 0 saturated carbocycles. The van der Waals surface area contributed by atoms with Crippen molar-refractivity contribution in [2.45, 2.75) is 6.04 Å². The Kier molecular flexibility index (Phi) is 3.09. The van der Waals surface area contributed by atoms with Gasteiger partial charge in [0, 0.05) is 6.20 Å². The number of aromatic nitrogens is 1. The molecule has 0 saturated heterocycles. The van der Waals surface area contributed by atoms with Gasteiger partial charge in [0.2, 0.25) is 0 Å². The van der Waals surface area contributed by atoms with E-state index in [1.54, 1.807) is 12.1 Å². The third-order valence-corrected chi connectivity index (χ3v) is 1.92. The molecule has 0 aliphatic carbocycles. The van der Waals surface area contributed by atoms with Crippen molar-refractivity contribution in [3.63, 3.8) is 0 Å². The monoisotopic (exact) mass is 202 g/mol. The molecule has 1 heterocycles. The standard InChI is InChI=1S/C8H8Cl2N2/c1-2-7(11)8-6(10)3-5(9)4-12-8/h2-4,7H,1,11H2/t7-/m0/s1. The molecule has 12 heavy (non-hydrogen) atoms. The van der Waals surface area contributed by atoms with Gasteiger partial charge in [-0.3, -0.25) is 4.98 Å². The van der Waals surface area contributed by atoms with Crippen molar-refractivity contribution in [2.24, 2.45) is 5.73 Å². The van der Waals surface area contributed by atoms with Gasteiger partial charge in [-0.2, -0.15) is 0 Å². The number of rotatable bonds is 2. The number of halogens is 2. The highest BCUT2D eigenvalue weighted by molar-refractivity contribution is 6.34.